The maximum Gasteiger partial charge on any atom is 0.317 e. The van der Waals surface area contributed by atoms with E-state index in [4.69, 9.17) is 5.11 Å². The number of benzene rings is 1. The average Bonchev–Trinajstić information content (AvgIpc) is 2.29. The van der Waals surface area contributed by atoms with Crippen molar-refractivity contribution in [3.63, 3.8) is 0 Å². The molecule has 1 rings (SSSR count). The fraction of sp³-hybridized carbons (Fsp3) is 0.250. The molecule has 0 heterocycles. The van der Waals surface area contributed by atoms with Crippen molar-refractivity contribution < 1.29 is 19.5 Å². The van der Waals surface area contributed by atoms with E-state index in [2.05, 4.69) is 10.6 Å². The number of amides is 1. The number of hydrogen-bond donors (Lipinski definition) is 3. The number of nitrogens with one attached hydrogen (secondary N) is 2. The fourth-order valence-corrected chi connectivity index (χ4v) is 1.28. The maximum absolute atomic E-state index is 11.4. The molecule has 18 heavy (non-hydrogen) atoms. The molecule has 0 spiro atoms. The van der Waals surface area contributed by atoms with Crippen molar-refractivity contribution in [1.29, 1.82) is 0 Å². The molecule has 0 radical (unpaired) electrons. The van der Waals surface area contributed by atoms with Gasteiger partial charge in [-0.25, -0.2) is 0 Å². The average molecular weight is 250 g/mol. The Labute approximate surface area is 104 Å². The summed E-state index contributed by atoms with van der Waals surface area (Å²) in [5.41, 5.74) is 1.12. The van der Waals surface area contributed by atoms with Gasteiger partial charge >= 0.3 is 5.97 Å². The molecular weight excluding hydrogens is 236 g/mol. The van der Waals surface area contributed by atoms with E-state index in [1.807, 2.05) is 0 Å². The number of ketones is 1. The molecule has 0 atom stereocenters. The molecule has 96 valence electrons. The first-order valence-corrected chi connectivity index (χ1v) is 5.32. The van der Waals surface area contributed by atoms with Gasteiger partial charge in [-0.05, 0) is 31.2 Å². The fourth-order valence-electron chi connectivity index (χ4n) is 1.28. The monoisotopic (exact) mass is 250 g/mol. The van der Waals surface area contributed by atoms with Crippen LogP contribution >= 0.6 is 0 Å². The molecule has 0 saturated heterocycles. The van der Waals surface area contributed by atoms with Crippen LogP contribution in [0, 0.1) is 0 Å². The Kier molecular flexibility index (Phi) is 5.01. The van der Waals surface area contributed by atoms with E-state index in [9.17, 15) is 14.4 Å². The van der Waals surface area contributed by atoms with Gasteiger partial charge in [0, 0.05) is 11.3 Å². The number of anilines is 1. The zero-order valence-corrected chi connectivity index (χ0v) is 9.90. The van der Waals surface area contributed by atoms with Gasteiger partial charge in [0.2, 0.25) is 5.91 Å². The van der Waals surface area contributed by atoms with Gasteiger partial charge in [0.15, 0.2) is 5.78 Å². The lowest BCUT2D eigenvalue weighted by molar-refractivity contribution is -0.135. The van der Waals surface area contributed by atoms with Crippen molar-refractivity contribution in [2.75, 3.05) is 18.4 Å². The molecule has 0 saturated carbocycles. The number of carboxylic acid groups (broad SMARTS) is 1. The molecule has 0 bridgehead atoms. The van der Waals surface area contributed by atoms with E-state index in [1.54, 1.807) is 24.3 Å². The van der Waals surface area contributed by atoms with E-state index in [0.717, 1.165) is 0 Å². The second-order valence-electron chi connectivity index (χ2n) is 3.68. The minimum Gasteiger partial charge on any atom is -0.480 e. The molecule has 0 aliphatic carbocycles. The van der Waals surface area contributed by atoms with Crippen LogP contribution in [0.2, 0.25) is 0 Å². The van der Waals surface area contributed by atoms with E-state index in [1.165, 1.54) is 6.92 Å². The van der Waals surface area contributed by atoms with Gasteiger partial charge < -0.3 is 10.4 Å². The minimum absolute atomic E-state index is 0.0454. The molecule has 1 aromatic rings. The summed E-state index contributed by atoms with van der Waals surface area (Å²) in [5, 5.41) is 13.4. The largest absolute Gasteiger partial charge is 0.480 e. The number of carboxylic acids is 1. The molecule has 6 heteroatoms. The predicted octanol–water partition coefficient (Wildman–Crippen LogP) is 0.502. The van der Waals surface area contributed by atoms with Crippen LogP contribution in [-0.4, -0.2) is 35.9 Å². The topological polar surface area (TPSA) is 95.5 Å². The lowest BCUT2D eigenvalue weighted by Gasteiger charge is -2.05. The second kappa shape index (κ2) is 6.51. The van der Waals surface area contributed by atoms with Crippen LogP contribution in [-0.2, 0) is 9.59 Å². The lowest BCUT2D eigenvalue weighted by atomic mass is 10.1. The van der Waals surface area contributed by atoms with Gasteiger partial charge in [-0.2, -0.15) is 0 Å². The van der Waals surface area contributed by atoms with Gasteiger partial charge in [0.05, 0.1) is 13.1 Å². The Morgan fingerprint density at radius 2 is 1.72 bits per heavy atom. The number of carbonyl (C=O) groups excluding carboxylic acids is 2. The van der Waals surface area contributed by atoms with Crippen molar-refractivity contribution in [3.8, 4) is 0 Å². The number of rotatable bonds is 6. The third kappa shape index (κ3) is 4.75. The summed E-state index contributed by atoms with van der Waals surface area (Å²) < 4.78 is 0. The smallest absolute Gasteiger partial charge is 0.317 e. The number of hydrogen-bond acceptors (Lipinski definition) is 4. The Hall–Kier alpha value is -2.21. The summed E-state index contributed by atoms with van der Waals surface area (Å²) in [6, 6.07) is 6.46. The van der Waals surface area contributed by atoms with E-state index in [0.29, 0.717) is 11.3 Å². The Morgan fingerprint density at radius 1 is 1.11 bits per heavy atom. The highest BCUT2D eigenvalue weighted by molar-refractivity contribution is 5.96. The first-order chi connectivity index (χ1) is 8.49. The molecule has 0 aliphatic rings. The van der Waals surface area contributed by atoms with Crippen LogP contribution in [0.3, 0.4) is 0 Å². The summed E-state index contributed by atoms with van der Waals surface area (Å²) in [4.78, 5) is 32.6. The highest BCUT2D eigenvalue weighted by Crippen LogP contribution is 2.09. The third-order valence-corrected chi connectivity index (χ3v) is 2.14. The normalized spacial score (nSPS) is 9.83. The summed E-state index contributed by atoms with van der Waals surface area (Å²) >= 11 is 0. The quantitative estimate of drug-likeness (QED) is 0.639. The van der Waals surface area contributed by atoms with Gasteiger partial charge in [-0.15, -0.1) is 0 Å². The summed E-state index contributed by atoms with van der Waals surface area (Å²) in [6.07, 6.45) is 0. The summed E-state index contributed by atoms with van der Waals surface area (Å²) in [6.45, 7) is 1.11. The lowest BCUT2D eigenvalue weighted by Crippen LogP contribution is -2.31. The van der Waals surface area contributed by atoms with Gasteiger partial charge in [-0.1, -0.05) is 0 Å². The highest BCUT2D eigenvalue weighted by Gasteiger charge is 2.04. The SMILES string of the molecule is CC(=O)c1ccc(NC(=O)CNCC(=O)O)cc1. The molecule has 3 N–H and O–H groups in total. The number of aliphatic carboxylic acids is 1. The van der Waals surface area contributed by atoms with Crippen LogP contribution < -0.4 is 10.6 Å². The Balaban J connectivity index is 2.44. The Bertz CT molecular complexity index is 454. The zero-order valence-electron chi connectivity index (χ0n) is 9.90. The molecule has 1 amide bonds. The molecule has 0 aliphatic heterocycles. The van der Waals surface area contributed by atoms with Crippen LogP contribution in [0.4, 0.5) is 5.69 Å². The van der Waals surface area contributed by atoms with E-state index >= 15 is 0 Å². The minimum atomic E-state index is -1.02. The van der Waals surface area contributed by atoms with Crippen molar-refractivity contribution in [2.45, 2.75) is 6.92 Å². The van der Waals surface area contributed by atoms with Crippen LogP contribution in [0.25, 0.3) is 0 Å². The molecule has 0 aromatic heterocycles. The molecule has 6 nitrogen and oxygen atoms in total. The first-order valence-electron chi connectivity index (χ1n) is 5.32. The second-order valence-corrected chi connectivity index (χ2v) is 3.68. The van der Waals surface area contributed by atoms with Crippen LogP contribution in [0.5, 0.6) is 0 Å². The Morgan fingerprint density at radius 3 is 2.22 bits per heavy atom. The van der Waals surface area contributed by atoms with Crippen molar-refractivity contribution in [3.05, 3.63) is 29.8 Å². The molecule has 1 aromatic carbocycles. The first kappa shape index (κ1) is 13.9. The predicted molar refractivity (Wildman–Crippen MR) is 65.6 cm³/mol. The summed E-state index contributed by atoms with van der Waals surface area (Å²) in [5.74, 6) is -1.41. The standard InChI is InChI=1S/C12H14N2O4/c1-8(15)9-2-4-10(5-3-9)14-11(16)6-13-7-12(17)18/h2-5,13H,6-7H2,1H3,(H,14,16)(H,17,18). The molecule has 0 fully saturated rings. The third-order valence-electron chi connectivity index (χ3n) is 2.14. The van der Waals surface area contributed by atoms with Gasteiger partial charge in [-0.3, -0.25) is 19.7 Å². The number of carbonyl (C=O) groups is 3. The van der Waals surface area contributed by atoms with Gasteiger partial charge in [0.1, 0.15) is 0 Å². The highest BCUT2D eigenvalue weighted by atomic mass is 16.4. The zero-order chi connectivity index (χ0) is 13.5. The molecule has 0 unspecified atom stereocenters. The van der Waals surface area contributed by atoms with Crippen molar-refractivity contribution in [2.24, 2.45) is 0 Å². The van der Waals surface area contributed by atoms with Crippen LogP contribution in [0.1, 0.15) is 17.3 Å². The van der Waals surface area contributed by atoms with E-state index in [-0.39, 0.29) is 24.8 Å². The van der Waals surface area contributed by atoms with Crippen molar-refractivity contribution >= 4 is 23.3 Å². The molecular formula is C12H14N2O4. The van der Waals surface area contributed by atoms with Crippen LogP contribution in [0.15, 0.2) is 24.3 Å². The van der Waals surface area contributed by atoms with Gasteiger partial charge in [0.25, 0.3) is 0 Å². The maximum atomic E-state index is 11.4. The van der Waals surface area contributed by atoms with E-state index < -0.39 is 5.97 Å². The summed E-state index contributed by atoms with van der Waals surface area (Å²) in [7, 11) is 0. The van der Waals surface area contributed by atoms with Crippen molar-refractivity contribution in [1.82, 2.24) is 5.32 Å². The number of Topliss-reactive ketones (excluding diaryl/α,β-unsaturated/α-hetero) is 1.